The van der Waals surface area contributed by atoms with Crippen molar-refractivity contribution in [1.82, 2.24) is 4.98 Å². The molecule has 0 spiro atoms. The van der Waals surface area contributed by atoms with Crippen molar-refractivity contribution in [1.29, 1.82) is 0 Å². The van der Waals surface area contributed by atoms with Gasteiger partial charge in [-0.25, -0.2) is 4.79 Å². The summed E-state index contributed by atoms with van der Waals surface area (Å²) >= 11 is 5.46. The Morgan fingerprint density at radius 2 is 1.69 bits per heavy atom. The van der Waals surface area contributed by atoms with E-state index in [1.54, 1.807) is 30.5 Å². The smallest absolute Gasteiger partial charge is 0.342 e. The molecule has 0 aliphatic carbocycles. The molecule has 1 aromatic heterocycles. The third kappa shape index (κ3) is 4.08. The molecule has 0 fully saturated rings. The Kier molecular flexibility index (Phi) is 5.76. The number of carbonyl (C=O) groups is 1. The molecule has 0 saturated carbocycles. The fraction of sp³-hybridized carbons (Fsp3) is 0. The van der Waals surface area contributed by atoms with E-state index in [9.17, 15) is 25.0 Å². The minimum atomic E-state index is -1.37. The summed E-state index contributed by atoms with van der Waals surface area (Å²) in [6.45, 7) is 0. The van der Waals surface area contributed by atoms with E-state index in [1.165, 1.54) is 18.2 Å². The van der Waals surface area contributed by atoms with Crippen LogP contribution >= 0.6 is 11.6 Å². The number of aromatic nitrogens is 1. The summed E-state index contributed by atoms with van der Waals surface area (Å²) in [5, 5.41) is 30.0. The average molecular weight is 376 g/mol. The number of nitro groups is 2. The molecule has 0 unspecified atom stereocenters. The molecule has 3 rings (SSSR count). The molecule has 1 N–H and O–H groups in total. The number of para-hydroxylation sites is 1. The highest BCUT2D eigenvalue weighted by molar-refractivity contribution is 6.33. The molecular weight excluding hydrogens is 366 g/mol. The van der Waals surface area contributed by atoms with Gasteiger partial charge in [0.05, 0.1) is 20.7 Å². The Morgan fingerprint density at radius 3 is 2.27 bits per heavy atom. The molecule has 0 aliphatic heterocycles. The van der Waals surface area contributed by atoms with Crippen LogP contribution in [0.3, 0.4) is 0 Å². The van der Waals surface area contributed by atoms with Gasteiger partial charge < -0.3 is 5.11 Å². The minimum absolute atomic E-state index is 0.102. The van der Waals surface area contributed by atoms with Crippen molar-refractivity contribution in [3.05, 3.63) is 85.5 Å². The van der Waals surface area contributed by atoms with E-state index in [0.717, 1.165) is 6.07 Å². The molecule has 10 heteroatoms. The zero-order chi connectivity index (χ0) is 19.3. The summed E-state index contributed by atoms with van der Waals surface area (Å²) < 4.78 is 0. The molecule has 1 heterocycles. The molecule has 0 saturated heterocycles. The highest BCUT2D eigenvalue weighted by Gasteiger charge is 2.22. The number of nitrogens with zero attached hydrogens (tertiary/aromatic N) is 3. The van der Waals surface area contributed by atoms with Crippen LogP contribution in [-0.4, -0.2) is 25.9 Å². The molecule has 132 valence electrons. The standard InChI is InChI=1S/C9H6N2O2.C7H4ClNO4/c12-11(13)9-5-1-4-8-7(9)3-2-6-10-8;8-5-3-1-2-4(7(10)11)6(5)9(12)13/h1-6H;1-3H,(H,10,11). The SMILES string of the molecule is O=C(O)c1cccc(Cl)c1[N+](=O)[O-].O=[N+]([O-])c1cccc2ncccc12. The summed E-state index contributed by atoms with van der Waals surface area (Å²) in [4.78, 5) is 34.3. The van der Waals surface area contributed by atoms with Crippen LogP contribution in [-0.2, 0) is 0 Å². The number of carboxylic acid groups (broad SMARTS) is 1. The first-order chi connectivity index (χ1) is 12.3. The van der Waals surface area contributed by atoms with Crippen LogP contribution in [0.5, 0.6) is 0 Å². The van der Waals surface area contributed by atoms with Crippen LogP contribution < -0.4 is 0 Å². The van der Waals surface area contributed by atoms with E-state index < -0.39 is 27.1 Å². The molecule has 3 aromatic rings. The molecule has 0 radical (unpaired) electrons. The Balaban J connectivity index is 0.000000187. The normalized spacial score (nSPS) is 9.88. The molecule has 0 amide bonds. The van der Waals surface area contributed by atoms with Crippen LogP contribution in [0.25, 0.3) is 10.9 Å². The maximum absolute atomic E-state index is 10.6. The van der Waals surface area contributed by atoms with E-state index in [2.05, 4.69) is 4.98 Å². The highest BCUT2D eigenvalue weighted by atomic mass is 35.5. The van der Waals surface area contributed by atoms with Gasteiger partial charge in [0.25, 0.3) is 5.69 Å². The van der Waals surface area contributed by atoms with Crippen LogP contribution in [0.2, 0.25) is 5.02 Å². The molecule has 0 aliphatic rings. The topological polar surface area (TPSA) is 136 Å². The zero-order valence-electron chi connectivity index (χ0n) is 12.9. The van der Waals surface area contributed by atoms with Crippen molar-refractivity contribution in [2.75, 3.05) is 0 Å². The summed E-state index contributed by atoms with van der Waals surface area (Å²) in [6, 6.07) is 12.0. The number of halogens is 1. The van der Waals surface area contributed by atoms with Crippen molar-refractivity contribution in [2.24, 2.45) is 0 Å². The number of carboxylic acids is 1. The fourth-order valence-electron chi connectivity index (χ4n) is 2.12. The molecule has 2 aromatic carbocycles. The second kappa shape index (κ2) is 7.99. The van der Waals surface area contributed by atoms with Crippen molar-refractivity contribution in [3.63, 3.8) is 0 Å². The summed E-state index contributed by atoms with van der Waals surface area (Å²) in [6.07, 6.45) is 1.62. The number of nitro benzene ring substituents is 2. The van der Waals surface area contributed by atoms with Gasteiger partial charge in [-0.2, -0.15) is 0 Å². The highest BCUT2D eigenvalue weighted by Crippen LogP contribution is 2.27. The van der Waals surface area contributed by atoms with Gasteiger partial charge in [-0.05, 0) is 30.3 Å². The number of aromatic carboxylic acids is 1. The van der Waals surface area contributed by atoms with Crippen molar-refractivity contribution >= 4 is 39.8 Å². The predicted octanol–water partition coefficient (Wildman–Crippen LogP) is 4.09. The van der Waals surface area contributed by atoms with Crippen LogP contribution in [0.4, 0.5) is 11.4 Å². The van der Waals surface area contributed by atoms with Gasteiger partial charge in [0, 0.05) is 12.3 Å². The summed E-state index contributed by atoms with van der Waals surface area (Å²) in [5.41, 5.74) is -0.225. The third-order valence-corrected chi connectivity index (χ3v) is 3.52. The van der Waals surface area contributed by atoms with Gasteiger partial charge in [0.2, 0.25) is 0 Å². The Morgan fingerprint density at radius 1 is 1.00 bits per heavy atom. The molecule has 9 nitrogen and oxygen atoms in total. The Labute approximate surface area is 150 Å². The first-order valence-corrected chi connectivity index (χ1v) is 7.35. The monoisotopic (exact) mass is 375 g/mol. The lowest BCUT2D eigenvalue weighted by Crippen LogP contribution is -2.02. The lowest BCUT2D eigenvalue weighted by atomic mass is 10.2. The fourth-order valence-corrected chi connectivity index (χ4v) is 2.36. The molecule has 26 heavy (non-hydrogen) atoms. The van der Waals surface area contributed by atoms with Gasteiger partial charge in [-0.3, -0.25) is 25.2 Å². The molecule has 0 bridgehead atoms. The van der Waals surface area contributed by atoms with Crippen LogP contribution in [0.1, 0.15) is 10.4 Å². The summed E-state index contributed by atoms with van der Waals surface area (Å²) in [5.74, 6) is -1.37. The number of benzene rings is 2. The van der Waals surface area contributed by atoms with E-state index in [1.807, 2.05) is 0 Å². The van der Waals surface area contributed by atoms with Crippen molar-refractivity contribution < 1.29 is 19.7 Å². The second-order valence-corrected chi connectivity index (χ2v) is 5.21. The Bertz CT molecular complexity index is 1000. The number of fused-ring (bicyclic) bond motifs is 1. The summed E-state index contributed by atoms with van der Waals surface area (Å²) in [7, 11) is 0. The number of non-ortho nitro benzene ring substituents is 1. The predicted molar refractivity (Wildman–Crippen MR) is 93.5 cm³/mol. The largest absolute Gasteiger partial charge is 0.477 e. The van der Waals surface area contributed by atoms with Gasteiger partial charge in [0.1, 0.15) is 10.6 Å². The maximum atomic E-state index is 10.6. The van der Waals surface area contributed by atoms with Crippen LogP contribution in [0, 0.1) is 20.2 Å². The number of pyridine rings is 1. The van der Waals surface area contributed by atoms with Gasteiger partial charge in [-0.15, -0.1) is 0 Å². The quantitative estimate of drug-likeness (QED) is 0.537. The minimum Gasteiger partial charge on any atom is -0.477 e. The lowest BCUT2D eigenvalue weighted by Gasteiger charge is -1.98. The number of hydrogen-bond donors (Lipinski definition) is 1. The second-order valence-electron chi connectivity index (χ2n) is 4.80. The third-order valence-electron chi connectivity index (χ3n) is 3.22. The first kappa shape index (κ1) is 18.7. The van der Waals surface area contributed by atoms with E-state index in [-0.39, 0.29) is 10.7 Å². The van der Waals surface area contributed by atoms with Gasteiger partial charge in [0.15, 0.2) is 0 Å². The maximum Gasteiger partial charge on any atom is 0.342 e. The van der Waals surface area contributed by atoms with E-state index in [0.29, 0.717) is 10.9 Å². The van der Waals surface area contributed by atoms with E-state index in [4.69, 9.17) is 16.7 Å². The number of hydrogen-bond acceptors (Lipinski definition) is 6. The lowest BCUT2D eigenvalue weighted by molar-refractivity contribution is -0.385. The average Bonchev–Trinajstić information content (AvgIpc) is 2.61. The zero-order valence-corrected chi connectivity index (χ0v) is 13.7. The number of rotatable bonds is 3. The van der Waals surface area contributed by atoms with Gasteiger partial charge in [-0.1, -0.05) is 23.7 Å². The first-order valence-electron chi connectivity index (χ1n) is 6.97. The molecule has 0 atom stereocenters. The van der Waals surface area contributed by atoms with Crippen molar-refractivity contribution in [3.8, 4) is 0 Å². The Hall–Kier alpha value is -3.59. The van der Waals surface area contributed by atoms with Gasteiger partial charge >= 0.3 is 11.7 Å². The molecular formula is C16H10ClN3O6. The van der Waals surface area contributed by atoms with Crippen molar-refractivity contribution in [2.45, 2.75) is 0 Å². The van der Waals surface area contributed by atoms with Crippen LogP contribution in [0.15, 0.2) is 54.7 Å². The van der Waals surface area contributed by atoms with E-state index >= 15 is 0 Å².